The van der Waals surface area contributed by atoms with Gasteiger partial charge in [-0.2, -0.15) is 5.10 Å². The second kappa shape index (κ2) is 10.3. The fourth-order valence-corrected chi connectivity index (χ4v) is 2.88. The lowest BCUT2D eigenvalue weighted by atomic mass is 10.1. The lowest BCUT2D eigenvalue weighted by Crippen LogP contribution is -2.22. The monoisotopic (exact) mass is 393 g/mol. The minimum absolute atomic E-state index is 0.149. The molecule has 1 N–H and O–H groups in total. The Morgan fingerprint density at radius 3 is 2.59 bits per heavy atom. The SMILES string of the molecule is CCCCOc1ccc(C(=O)NCc2ccc(Cn3cccn3)cc2)cc1OC. The van der Waals surface area contributed by atoms with Gasteiger partial charge < -0.3 is 14.8 Å². The van der Waals surface area contributed by atoms with Crippen LogP contribution >= 0.6 is 0 Å². The molecule has 1 aromatic heterocycles. The molecule has 1 amide bonds. The summed E-state index contributed by atoms with van der Waals surface area (Å²) >= 11 is 0. The van der Waals surface area contributed by atoms with E-state index in [1.807, 2.05) is 29.1 Å². The highest BCUT2D eigenvalue weighted by Crippen LogP contribution is 2.28. The van der Waals surface area contributed by atoms with Crippen LogP contribution in [0, 0.1) is 0 Å². The van der Waals surface area contributed by atoms with Gasteiger partial charge in [-0.15, -0.1) is 0 Å². The van der Waals surface area contributed by atoms with Crippen LogP contribution in [0.3, 0.4) is 0 Å². The lowest BCUT2D eigenvalue weighted by Gasteiger charge is -2.12. The number of unbranched alkanes of at least 4 members (excludes halogenated alkanes) is 1. The molecule has 0 unspecified atom stereocenters. The van der Waals surface area contributed by atoms with E-state index >= 15 is 0 Å². The molecule has 0 aliphatic rings. The van der Waals surface area contributed by atoms with Crippen LogP contribution in [-0.4, -0.2) is 29.4 Å². The second-order valence-electron chi connectivity index (χ2n) is 6.77. The van der Waals surface area contributed by atoms with Crippen molar-refractivity contribution < 1.29 is 14.3 Å². The van der Waals surface area contributed by atoms with Gasteiger partial charge in [-0.05, 0) is 41.8 Å². The average molecular weight is 393 g/mol. The third-order valence-corrected chi connectivity index (χ3v) is 4.56. The van der Waals surface area contributed by atoms with Gasteiger partial charge in [0.25, 0.3) is 5.91 Å². The third-order valence-electron chi connectivity index (χ3n) is 4.56. The third kappa shape index (κ3) is 5.85. The first-order chi connectivity index (χ1) is 14.2. The molecule has 29 heavy (non-hydrogen) atoms. The van der Waals surface area contributed by atoms with Crippen molar-refractivity contribution >= 4 is 5.91 Å². The van der Waals surface area contributed by atoms with Crippen molar-refractivity contribution in [3.63, 3.8) is 0 Å². The summed E-state index contributed by atoms with van der Waals surface area (Å²) in [5.41, 5.74) is 2.74. The molecule has 0 saturated heterocycles. The van der Waals surface area contributed by atoms with Gasteiger partial charge in [-0.3, -0.25) is 9.48 Å². The van der Waals surface area contributed by atoms with Crippen LogP contribution in [0.2, 0.25) is 0 Å². The molecule has 6 heteroatoms. The summed E-state index contributed by atoms with van der Waals surface area (Å²) in [6.07, 6.45) is 5.74. The number of nitrogens with one attached hydrogen (secondary N) is 1. The van der Waals surface area contributed by atoms with E-state index in [4.69, 9.17) is 9.47 Å². The largest absolute Gasteiger partial charge is 0.493 e. The number of ether oxygens (including phenoxy) is 2. The molecule has 3 rings (SSSR count). The molecule has 0 spiro atoms. The molecule has 0 bridgehead atoms. The molecule has 0 fully saturated rings. The Bertz CT molecular complexity index is 906. The van der Waals surface area contributed by atoms with Crippen LogP contribution < -0.4 is 14.8 Å². The number of nitrogens with zero attached hydrogens (tertiary/aromatic N) is 2. The van der Waals surface area contributed by atoms with Gasteiger partial charge in [-0.1, -0.05) is 37.6 Å². The number of rotatable bonds is 10. The summed E-state index contributed by atoms with van der Waals surface area (Å²) in [6.45, 7) is 3.93. The number of methoxy groups -OCH3 is 1. The fraction of sp³-hybridized carbons (Fsp3) is 0.304. The maximum absolute atomic E-state index is 12.5. The summed E-state index contributed by atoms with van der Waals surface area (Å²) in [4.78, 5) is 12.5. The molecule has 3 aromatic rings. The van der Waals surface area contributed by atoms with Gasteiger partial charge in [0.15, 0.2) is 11.5 Å². The van der Waals surface area contributed by atoms with E-state index in [0.717, 1.165) is 30.5 Å². The maximum atomic E-state index is 12.5. The molecule has 0 aliphatic carbocycles. The summed E-state index contributed by atoms with van der Waals surface area (Å²) in [7, 11) is 1.58. The number of carbonyl (C=O) groups excluding carboxylic acids is 1. The fourth-order valence-electron chi connectivity index (χ4n) is 2.88. The number of benzene rings is 2. The quantitative estimate of drug-likeness (QED) is 0.528. The highest BCUT2D eigenvalue weighted by molar-refractivity contribution is 5.94. The van der Waals surface area contributed by atoms with E-state index in [1.165, 1.54) is 0 Å². The van der Waals surface area contributed by atoms with Crippen LogP contribution in [0.25, 0.3) is 0 Å². The number of aromatic nitrogens is 2. The molecule has 152 valence electrons. The smallest absolute Gasteiger partial charge is 0.251 e. The second-order valence-corrected chi connectivity index (χ2v) is 6.77. The van der Waals surface area contributed by atoms with Gasteiger partial charge >= 0.3 is 0 Å². The Hall–Kier alpha value is -3.28. The topological polar surface area (TPSA) is 65.4 Å². The van der Waals surface area contributed by atoms with Crippen LogP contribution in [-0.2, 0) is 13.1 Å². The molecule has 0 saturated carbocycles. The summed E-state index contributed by atoms with van der Waals surface area (Å²) in [6, 6.07) is 15.3. The number of hydrogen-bond acceptors (Lipinski definition) is 4. The van der Waals surface area contributed by atoms with Crippen molar-refractivity contribution in [2.24, 2.45) is 0 Å². The average Bonchev–Trinajstić information content (AvgIpc) is 3.26. The molecular weight excluding hydrogens is 366 g/mol. The first-order valence-electron chi connectivity index (χ1n) is 9.84. The van der Waals surface area contributed by atoms with Gasteiger partial charge in [0.05, 0.1) is 20.3 Å². The number of amides is 1. The van der Waals surface area contributed by atoms with E-state index < -0.39 is 0 Å². The molecule has 1 heterocycles. The standard InChI is InChI=1S/C23H27N3O3/c1-3-4-14-29-21-11-10-20(15-22(21)28-2)23(27)24-16-18-6-8-19(9-7-18)17-26-13-5-12-25-26/h5-13,15H,3-4,14,16-17H2,1-2H3,(H,24,27). The van der Waals surface area contributed by atoms with Gasteiger partial charge in [0, 0.05) is 24.5 Å². The van der Waals surface area contributed by atoms with E-state index in [1.54, 1.807) is 31.5 Å². The highest BCUT2D eigenvalue weighted by Gasteiger charge is 2.11. The van der Waals surface area contributed by atoms with Crippen molar-refractivity contribution in [3.8, 4) is 11.5 Å². The van der Waals surface area contributed by atoms with Crippen LogP contribution in [0.4, 0.5) is 0 Å². The molecule has 2 aromatic carbocycles. The van der Waals surface area contributed by atoms with Crippen LogP contribution in [0.5, 0.6) is 11.5 Å². The van der Waals surface area contributed by atoms with Crippen molar-refractivity contribution in [2.75, 3.05) is 13.7 Å². The highest BCUT2D eigenvalue weighted by atomic mass is 16.5. The Kier molecular flexibility index (Phi) is 7.28. The van der Waals surface area contributed by atoms with E-state index in [0.29, 0.717) is 30.2 Å². The van der Waals surface area contributed by atoms with Gasteiger partial charge in [0.2, 0.25) is 0 Å². The zero-order valence-electron chi connectivity index (χ0n) is 16.9. The van der Waals surface area contributed by atoms with Crippen LogP contribution in [0.15, 0.2) is 60.9 Å². The lowest BCUT2D eigenvalue weighted by molar-refractivity contribution is 0.0950. The van der Waals surface area contributed by atoms with E-state index in [-0.39, 0.29) is 5.91 Å². The van der Waals surface area contributed by atoms with Crippen LogP contribution in [0.1, 0.15) is 41.3 Å². The first-order valence-corrected chi connectivity index (χ1v) is 9.84. The normalized spacial score (nSPS) is 10.6. The Balaban J connectivity index is 1.55. The maximum Gasteiger partial charge on any atom is 0.251 e. The van der Waals surface area contributed by atoms with Crippen molar-refractivity contribution in [1.29, 1.82) is 0 Å². The number of carbonyl (C=O) groups is 1. The van der Waals surface area contributed by atoms with Gasteiger partial charge in [-0.25, -0.2) is 0 Å². The first kappa shape index (κ1) is 20.5. The molecule has 0 radical (unpaired) electrons. The predicted molar refractivity (Wildman–Crippen MR) is 112 cm³/mol. The zero-order chi connectivity index (χ0) is 20.5. The van der Waals surface area contributed by atoms with Crippen molar-refractivity contribution in [1.82, 2.24) is 15.1 Å². The molecule has 0 aliphatic heterocycles. The molecule has 0 atom stereocenters. The molecular formula is C23H27N3O3. The summed E-state index contributed by atoms with van der Waals surface area (Å²) in [5.74, 6) is 1.08. The van der Waals surface area contributed by atoms with E-state index in [2.05, 4.69) is 29.5 Å². The van der Waals surface area contributed by atoms with Gasteiger partial charge in [0.1, 0.15) is 0 Å². The zero-order valence-corrected chi connectivity index (χ0v) is 16.9. The Morgan fingerprint density at radius 1 is 1.10 bits per heavy atom. The molecule has 6 nitrogen and oxygen atoms in total. The Morgan fingerprint density at radius 2 is 1.90 bits per heavy atom. The van der Waals surface area contributed by atoms with Crippen molar-refractivity contribution in [3.05, 3.63) is 77.6 Å². The minimum atomic E-state index is -0.149. The predicted octanol–water partition coefficient (Wildman–Crippen LogP) is 4.05. The Labute approximate surface area is 171 Å². The van der Waals surface area contributed by atoms with Crippen molar-refractivity contribution in [2.45, 2.75) is 32.9 Å². The number of hydrogen-bond donors (Lipinski definition) is 1. The summed E-state index contributed by atoms with van der Waals surface area (Å²) < 4.78 is 13.0. The summed E-state index contributed by atoms with van der Waals surface area (Å²) in [5, 5.41) is 7.16. The van der Waals surface area contributed by atoms with E-state index in [9.17, 15) is 4.79 Å². The minimum Gasteiger partial charge on any atom is -0.493 e.